The van der Waals surface area contributed by atoms with E-state index in [0.29, 0.717) is 36.4 Å². The van der Waals surface area contributed by atoms with Crippen molar-refractivity contribution in [3.63, 3.8) is 0 Å². The highest BCUT2D eigenvalue weighted by Crippen LogP contribution is 2.39. The molecule has 1 saturated carbocycles. The van der Waals surface area contributed by atoms with E-state index in [1.807, 2.05) is 24.3 Å². The molecule has 7 nitrogen and oxygen atoms in total. The van der Waals surface area contributed by atoms with E-state index in [-0.39, 0.29) is 34.7 Å². The Kier molecular flexibility index (Phi) is 7.02. The summed E-state index contributed by atoms with van der Waals surface area (Å²) in [4.78, 5) is 26.2. The molecule has 4 rings (SSSR count). The second kappa shape index (κ2) is 10.3. The van der Waals surface area contributed by atoms with Gasteiger partial charge in [-0.15, -0.1) is 0 Å². The lowest BCUT2D eigenvalue weighted by molar-refractivity contribution is -0.108. The molecule has 1 aliphatic carbocycles. The normalized spacial score (nSPS) is 17.6. The lowest BCUT2D eigenvalue weighted by Crippen LogP contribution is -2.41. The third-order valence-corrected chi connectivity index (χ3v) is 6.31. The van der Waals surface area contributed by atoms with Crippen molar-refractivity contribution in [1.82, 2.24) is 10.5 Å². The molecule has 3 aromatic rings. The topological polar surface area (TPSA) is 99.2 Å². The van der Waals surface area contributed by atoms with E-state index in [0.717, 1.165) is 19.3 Å². The minimum atomic E-state index is -0.607. The van der Waals surface area contributed by atoms with Crippen LogP contribution in [0.4, 0.5) is 10.1 Å². The van der Waals surface area contributed by atoms with Gasteiger partial charge in [0.05, 0.1) is 17.2 Å². The number of carbonyl (C=O) groups is 2. The summed E-state index contributed by atoms with van der Waals surface area (Å²) in [7, 11) is 0. The lowest BCUT2D eigenvalue weighted by atomic mass is 9.84. The highest BCUT2D eigenvalue weighted by molar-refractivity contribution is 5.94. The van der Waals surface area contributed by atoms with Gasteiger partial charge in [-0.1, -0.05) is 35.8 Å². The van der Waals surface area contributed by atoms with Crippen LogP contribution in [0, 0.1) is 30.0 Å². The molecule has 2 aromatic carbocycles. The predicted octanol–water partition coefficient (Wildman–Crippen LogP) is 4.61. The Morgan fingerprint density at radius 3 is 2.79 bits per heavy atom. The Hall–Kier alpha value is -3.99. The van der Waals surface area contributed by atoms with E-state index in [4.69, 9.17) is 4.52 Å². The average Bonchev–Trinajstić information content (AvgIpc) is 3.24. The number of hydrogen-bond acceptors (Lipinski definition) is 5. The highest BCUT2D eigenvalue weighted by atomic mass is 19.1. The number of anilines is 1. The third-order valence-electron chi connectivity index (χ3n) is 6.31. The van der Waals surface area contributed by atoms with E-state index >= 15 is 0 Å². The molecule has 8 heteroatoms. The molecule has 34 heavy (non-hydrogen) atoms. The quantitative estimate of drug-likeness (QED) is 0.519. The molecular weight excluding hydrogens is 435 g/mol. The summed E-state index contributed by atoms with van der Waals surface area (Å²) in [6.45, 7) is 2.16. The van der Waals surface area contributed by atoms with Crippen LogP contribution in [0.5, 0.6) is 0 Å². The first kappa shape index (κ1) is 23.2. The van der Waals surface area contributed by atoms with Crippen molar-refractivity contribution < 1.29 is 18.5 Å². The van der Waals surface area contributed by atoms with Gasteiger partial charge in [-0.05, 0) is 56.4 Å². The molecule has 0 saturated heterocycles. The van der Waals surface area contributed by atoms with Crippen molar-refractivity contribution in [1.29, 1.82) is 5.26 Å². The lowest BCUT2D eigenvalue weighted by Gasteiger charge is -2.35. The monoisotopic (exact) mass is 460 g/mol. The fraction of sp³-hybridized carbons (Fsp3) is 0.308. The van der Waals surface area contributed by atoms with E-state index in [1.165, 1.54) is 18.2 Å². The molecule has 2 unspecified atom stereocenters. The molecule has 0 spiro atoms. The first-order valence-electron chi connectivity index (χ1n) is 11.3. The average molecular weight is 461 g/mol. The van der Waals surface area contributed by atoms with E-state index in [1.54, 1.807) is 24.0 Å². The zero-order valence-electron chi connectivity index (χ0n) is 18.8. The Labute approximate surface area is 197 Å². The summed E-state index contributed by atoms with van der Waals surface area (Å²) in [5.41, 5.74) is 1.25. The van der Waals surface area contributed by atoms with Crippen molar-refractivity contribution in [2.45, 2.75) is 38.6 Å². The van der Waals surface area contributed by atoms with Crippen LogP contribution in [0.15, 0.2) is 53.1 Å². The molecule has 0 bridgehead atoms. The van der Waals surface area contributed by atoms with Crippen LogP contribution in [0.1, 0.15) is 47.4 Å². The number of nitriles is 1. The number of carbonyl (C=O) groups excluding carboxylic acids is 2. The van der Waals surface area contributed by atoms with Crippen molar-refractivity contribution >= 4 is 18.0 Å². The number of amides is 2. The minimum absolute atomic E-state index is 0.0196. The van der Waals surface area contributed by atoms with Crippen LogP contribution in [-0.2, 0) is 4.79 Å². The summed E-state index contributed by atoms with van der Waals surface area (Å²) in [6.07, 6.45) is 3.95. The number of rotatable bonds is 7. The largest absolute Gasteiger partial charge is 0.359 e. The molecule has 1 aromatic heterocycles. The number of aromatic nitrogens is 1. The standard InChI is InChI=1S/C26H25FN4O3/c1-17-25(24(30-34-17)23-20(14-28)10-6-12-22(23)27)31(16-32)21-11-5-7-18(13-21)15-29-26(33)19-8-3-2-4-9-19/h2-4,6,8-10,12,16,18,21H,5,7,11,13,15H2,1H3,(H,29,33). The van der Waals surface area contributed by atoms with Gasteiger partial charge >= 0.3 is 0 Å². The predicted molar refractivity (Wildman–Crippen MR) is 124 cm³/mol. The number of nitrogens with one attached hydrogen (secondary N) is 1. The molecule has 2 atom stereocenters. The second-order valence-corrected chi connectivity index (χ2v) is 8.49. The summed E-state index contributed by atoms with van der Waals surface area (Å²) < 4.78 is 20.1. The first-order valence-corrected chi connectivity index (χ1v) is 11.3. The van der Waals surface area contributed by atoms with Gasteiger partial charge in [0.1, 0.15) is 17.2 Å². The minimum Gasteiger partial charge on any atom is -0.359 e. The van der Waals surface area contributed by atoms with Gasteiger partial charge in [0.15, 0.2) is 5.76 Å². The van der Waals surface area contributed by atoms with Crippen molar-refractivity contribution in [3.8, 4) is 17.3 Å². The maximum absolute atomic E-state index is 14.7. The van der Waals surface area contributed by atoms with Crippen LogP contribution in [0.3, 0.4) is 0 Å². The Bertz CT molecular complexity index is 1220. The highest BCUT2D eigenvalue weighted by Gasteiger charge is 2.32. The maximum Gasteiger partial charge on any atom is 0.251 e. The first-order chi connectivity index (χ1) is 16.5. The Morgan fingerprint density at radius 2 is 2.06 bits per heavy atom. The summed E-state index contributed by atoms with van der Waals surface area (Å²) >= 11 is 0. The number of hydrogen-bond donors (Lipinski definition) is 1. The van der Waals surface area contributed by atoms with Crippen molar-refractivity contribution in [2.75, 3.05) is 11.4 Å². The van der Waals surface area contributed by atoms with Crippen LogP contribution in [0.2, 0.25) is 0 Å². The number of aryl methyl sites for hydroxylation is 1. The van der Waals surface area contributed by atoms with Gasteiger partial charge in [-0.25, -0.2) is 4.39 Å². The van der Waals surface area contributed by atoms with Gasteiger partial charge in [-0.2, -0.15) is 5.26 Å². The van der Waals surface area contributed by atoms with Gasteiger partial charge in [0.2, 0.25) is 6.41 Å². The summed E-state index contributed by atoms with van der Waals surface area (Å²) in [5.74, 6) is -0.185. The van der Waals surface area contributed by atoms with Gasteiger partial charge in [-0.3, -0.25) is 9.59 Å². The van der Waals surface area contributed by atoms with Gasteiger partial charge in [0, 0.05) is 18.2 Å². The fourth-order valence-electron chi connectivity index (χ4n) is 4.64. The number of benzene rings is 2. The van der Waals surface area contributed by atoms with Crippen LogP contribution < -0.4 is 10.2 Å². The SMILES string of the molecule is Cc1onc(-c2c(F)cccc2C#N)c1N(C=O)C1CCCC(CNC(=O)c2ccccc2)C1. The van der Waals surface area contributed by atoms with E-state index in [2.05, 4.69) is 10.5 Å². The van der Waals surface area contributed by atoms with Crippen molar-refractivity contribution in [2.24, 2.45) is 5.92 Å². The van der Waals surface area contributed by atoms with Gasteiger partial charge in [0.25, 0.3) is 5.91 Å². The van der Waals surface area contributed by atoms with Crippen molar-refractivity contribution in [3.05, 3.63) is 71.2 Å². The van der Waals surface area contributed by atoms with E-state index < -0.39 is 5.82 Å². The van der Waals surface area contributed by atoms with E-state index in [9.17, 15) is 19.2 Å². The fourth-order valence-corrected chi connectivity index (χ4v) is 4.64. The van der Waals surface area contributed by atoms with Crippen LogP contribution in [-0.4, -0.2) is 30.1 Å². The molecule has 1 aliphatic rings. The van der Waals surface area contributed by atoms with Gasteiger partial charge < -0.3 is 14.7 Å². The molecule has 1 N–H and O–H groups in total. The molecule has 0 radical (unpaired) electrons. The third kappa shape index (κ3) is 4.69. The van der Waals surface area contributed by atoms with Crippen LogP contribution >= 0.6 is 0 Å². The molecule has 174 valence electrons. The zero-order valence-corrected chi connectivity index (χ0v) is 18.8. The molecular formula is C26H25FN4O3. The molecule has 0 aliphatic heterocycles. The second-order valence-electron chi connectivity index (χ2n) is 8.49. The number of halogens is 1. The molecule has 2 amide bonds. The Balaban J connectivity index is 1.54. The zero-order chi connectivity index (χ0) is 24.1. The summed E-state index contributed by atoms with van der Waals surface area (Å²) in [6, 6.07) is 15.1. The summed E-state index contributed by atoms with van der Waals surface area (Å²) in [5, 5.41) is 16.5. The van der Waals surface area contributed by atoms with Crippen LogP contribution in [0.25, 0.3) is 11.3 Å². The molecule has 1 heterocycles. The number of nitrogens with zero attached hydrogens (tertiary/aromatic N) is 3. The smallest absolute Gasteiger partial charge is 0.251 e. The maximum atomic E-state index is 14.7. The molecule has 1 fully saturated rings. The Morgan fingerprint density at radius 1 is 1.26 bits per heavy atom.